The number of hydrogen-bond acceptors (Lipinski definition) is 6. The molecule has 2 aromatic carbocycles. The van der Waals surface area contributed by atoms with Crippen molar-refractivity contribution >= 4 is 28.4 Å². The molecule has 1 aromatic heterocycles. The Balaban J connectivity index is 1.26. The van der Waals surface area contributed by atoms with Crippen LogP contribution in [0.5, 0.6) is 0 Å². The highest BCUT2D eigenvalue weighted by Crippen LogP contribution is 2.28. The Hall–Kier alpha value is -3.96. The van der Waals surface area contributed by atoms with Gasteiger partial charge in [-0.05, 0) is 49.1 Å². The summed E-state index contributed by atoms with van der Waals surface area (Å²) in [6, 6.07) is 19.8. The van der Waals surface area contributed by atoms with E-state index in [-0.39, 0.29) is 23.9 Å². The Morgan fingerprint density at radius 2 is 1.95 bits per heavy atom. The maximum absolute atomic E-state index is 13.3. The molecule has 8 nitrogen and oxygen atoms in total. The van der Waals surface area contributed by atoms with Crippen LogP contribution in [-0.4, -0.2) is 76.8 Å². The normalized spacial score (nSPS) is 19.6. The fraction of sp³-hybridized carbons (Fsp3) is 0.379. The monoisotopic (exact) mass is 496 g/mol. The number of nitrogens with one attached hydrogen (secondary N) is 1. The van der Waals surface area contributed by atoms with Gasteiger partial charge in [-0.15, -0.1) is 0 Å². The number of nitrogens with zero attached hydrogens (tertiary/aromatic N) is 5. The quantitative estimate of drug-likeness (QED) is 0.538. The predicted molar refractivity (Wildman–Crippen MR) is 143 cm³/mol. The summed E-state index contributed by atoms with van der Waals surface area (Å²) in [5.74, 6) is -0.0240. The maximum Gasteiger partial charge on any atom is 0.256 e. The van der Waals surface area contributed by atoms with Crippen molar-refractivity contribution in [3.8, 4) is 6.07 Å². The van der Waals surface area contributed by atoms with Gasteiger partial charge in [0, 0.05) is 56.5 Å². The average molecular weight is 497 g/mol. The largest absolute Gasteiger partial charge is 0.380 e. The van der Waals surface area contributed by atoms with Gasteiger partial charge >= 0.3 is 0 Å². The van der Waals surface area contributed by atoms with E-state index in [0.29, 0.717) is 30.7 Å². The van der Waals surface area contributed by atoms with E-state index in [9.17, 15) is 14.9 Å². The van der Waals surface area contributed by atoms with Gasteiger partial charge in [0.15, 0.2) is 0 Å². The van der Waals surface area contributed by atoms with E-state index in [1.807, 2.05) is 61.6 Å². The van der Waals surface area contributed by atoms with Gasteiger partial charge in [0.05, 0.1) is 23.7 Å². The molecule has 37 heavy (non-hydrogen) atoms. The number of fused-ring (bicyclic) bond motifs is 1. The molecule has 190 valence electrons. The molecule has 8 heteroatoms. The van der Waals surface area contributed by atoms with Gasteiger partial charge in [0.25, 0.3) is 5.91 Å². The topological polar surface area (TPSA) is 92.6 Å². The average Bonchev–Trinajstić information content (AvgIpc) is 3.58. The number of hydrogen-bond donors (Lipinski definition) is 1. The fourth-order valence-electron chi connectivity index (χ4n) is 5.40. The first-order chi connectivity index (χ1) is 18.0. The second-order valence-electron chi connectivity index (χ2n) is 9.95. The van der Waals surface area contributed by atoms with Crippen LogP contribution >= 0.6 is 0 Å². The molecule has 2 fully saturated rings. The van der Waals surface area contributed by atoms with E-state index in [4.69, 9.17) is 0 Å². The molecular weight excluding hydrogens is 464 g/mol. The molecule has 2 aliphatic rings. The van der Waals surface area contributed by atoms with Crippen molar-refractivity contribution < 1.29 is 9.59 Å². The third-order valence-corrected chi connectivity index (χ3v) is 7.32. The van der Waals surface area contributed by atoms with E-state index < -0.39 is 0 Å². The van der Waals surface area contributed by atoms with Crippen molar-refractivity contribution in [3.63, 3.8) is 0 Å². The SMILES string of the molecule is CN(Cc1ccccc1)C(=O)c1ccc(N[C@H]2CCN(CC(=O)N3CCCC3C#N)C2)c2cccnc12. The molecule has 0 bridgehead atoms. The van der Waals surface area contributed by atoms with E-state index in [2.05, 4.69) is 21.3 Å². The molecule has 2 amide bonds. The van der Waals surface area contributed by atoms with E-state index in [1.165, 1.54) is 0 Å². The second kappa shape index (κ2) is 11.0. The summed E-state index contributed by atoms with van der Waals surface area (Å²) < 4.78 is 0. The van der Waals surface area contributed by atoms with Crippen LogP contribution < -0.4 is 5.32 Å². The minimum atomic E-state index is -0.282. The van der Waals surface area contributed by atoms with Crippen LogP contribution in [0.1, 0.15) is 35.2 Å². The molecule has 2 atom stereocenters. The molecule has 3 heterocycles. The lowest BCUT2D eigenvalue weighted by atomic mass is 10.1. The summed E-state index contributed by atoms with van der Waals surface area (Å²) in [4.78, 5) is 36.2. The molecule has 0 saturated carbocycles. The number of rotatable bonds is 7. The first-order valence-electron chi connectivity index (χ1n) is 12.9. The van der Waals surface area contributed by atoms with E-state index in [1.54, 1.807) is 16.0 Å². The Morgan fingerprint density at radius 3 is 2.76 bits per heavy atom. The number of carbonyl (C=O) groups excluding carboxylic acids is 2. The Bertz CT molecular complexity index is 1320. The van der Waals surface area contributed by atoms with Gasteiger partial charge in [0.1, 0.15) is 6.04 Å². The lowest BCUT2D eigenvalue weighted by Gasteiger charge is -2.23. The highest BCUT2D eigenvalue weighted by molar-refractivity contribution is 6.08. The minimum absolute atomic E-state index is 0.0434. The minimum Gasteiger partial charge on any atom is -0.380 e. The summed E-state index contributed by atoms with van der Waals surface area (Å²) in [6.07, 6.45) is 4.30. The summed E-state index contributed by atoms with van der Waals surface area (Å²) in [6.45, 7) is 3.12. The summed E-state index contributed by atoms with van der Waals surface area (Å²) in [5, 5.41) is 13.8. The molecule has 1 unspecified atom stereocenters. The zero-order valence-electron chi connectivity index (χ0n) is 21.1. The number of likely N-dealkylation sites (tertiary alicyclic amines) is 2. The lowest BCUT2D eigenvalue weighted by Crippen LogP contribution is -2.42. The van der Waals surface area contributed by atoms with Gasteiger partial charge in [-0.1, -0.05) is 30.3 Å². The molecule has 0 radical (unpaired) electrons. The smallest absolute Gasteiger partial charge is 0.256 e. The predicted octanol–water partition coefficient (Wildman–Crippen LogP) is 3.51. The molecular formula is C29H32N6O2. The molecule has 3 aromatic rings. The zero-order chi connectivity index (χ0) is 25.8. The van der Waals surface area contributed by atoms with Gasteiger partial charge in [-0.25, -0.2) is 0 Å². The number of anilines is 1. The fourth-order valence-corrected chi connectivity index (χ4v) is 5.40. The lowest BCUT2D eigenvalue weighted by molar-refractivity contribution is -0.132. The van der Waals surface area contributed by atoms with Crippen LogP contribution in [0, 0.1) is 11.3 Å². The Morgan fingerprint density at radius 1 is 1.11 bits per heavy atom. The van der Waals surface area contributed by atoms with Crippen molar-refractivity contribution in [3.05, 3.63) is 71.9 Å². The number of aromatic nitrogens is 1. The number of nitriles is 1. The molecule has 1 N–H and O–H groups in total. The third-order valence-electron chi connectivity index (χ3n) is 7.32. The first-order valence-corrected chi connectivity index (χ1v) is 12.9. The highest BCUT2D eigenvalue weighted by Gasteiger charge is 2.31. The molecule has 2 saturated heterocycles. The third kappa shape index (κ3) is 5.42. The van der Waals surface area contributed by atoms with Gasteiger partial charge < -0.3 is 15.1 Å². The standard InChI is InChI=1S/C29H32N6O2/c1-33(18-21-7-3-2-4-8-21)29(37)25-11-12-26(24-10-5-14-31-28(24)25)32-22-13-16-34(19-22)20-27(36)35-15-6-9-23(35)17-30/h2-5,7-8,10-12,14,22-23,32H,6,9,13,15-16,18-20H2,1H3/t22-,23?/m0/s1. The van der Waals surface area contributed by atoms with Crippen molar-refractivity contribution in [2.45, 2.75) is 37.9 Å². The highest BCUT2D eigenvalue weighted by atomic mass is 16.2. The van der Waals surface area contributed by atoms with Crippen molar-refractivity contribution in [1.29, 1.82) is 5.26 Å². The number of benzene rings is 2. The van der Waals surface area contributed by atoms with E-state index in [0.717, 1.165) is 49.0 Å². The maximum atomic E-state index is 13.3. The first kappa shape index (κ1) is 24.7. The molecule has 0 aliphatic carbocycles. The summed E-state index contributed by atoms with van der Waals surface area (Å²) in [5.41, 5.74) is 3.27. The van der Waals surface area contributed by atoms with Crippen LogP contribution in [-0.2, 0) is 11.3 Å². The van der Waals surface area contributed by atoms with Crippen LogP contribution in [0.3, 0.4) is 0 Å². The number of amides is 2. The number of carbonyl (C=O) groups is 2. The molecule has 5 rings (SSSR count). The van der Waals surface area contributed by atoms with Crippen LogP contribution in [0.4, 0.5) is 5.69 Å². The van der Waals surface area contributed by atoms with Gasteiger partial charge in [-0.3, -0.25) is 19.5 Å². The van der Waals surface area contributed by atoms with Gasteiger partial charge in [0.2, 0.25) is 5.91 Å². The van der Waals surface area contributed by atoms with Crippen molar-refractivity contribution in [1.82, 2.24) is 19.7 Å². The van der Waals surface area contributed by atoms with Crippen LogP contribution in [0.25, 0.3) is 10.9 Å². The molecule has 0 spiro atoms. The van der Waals surface area contributed by atoms with Crippen LogP contribution in [0.15, 0.2) is 60.8 Å². The van der Waals surface area contributed by atoms with Crippen molar-refractivity contribution in [2.24, 2.45) is 0 Å². The molecule has 2 aliphatic heterocycles. The Labute approximate surface area is 217 Å². The summed E-state index contributed by atoms with van der Waals surface area (Å²) in [7, 11) is 1.81. The number of pyridine rings is 1. The Kier molecular flexibility index (Phi) is 7.33. The van der Waals surface area contributed by atoms with E-state index >= 15 is 0 Å². The summed E-state index contributed by atoms with van der Waals surface area (Å²) >= 11 is 0. The van der Waals surface area contributed by atoms with Gasteiger partial charge in [-0.2, -0.15) is 5.26 Å². The van der Waals surface area contributed by atoms with Crippen molar-refractivity contribution in [2.75, 3.05) is 38.5 Å². The zero-order valence-corrected chi connectivity index (χ0v) is 21.1. The van der Waals surface area contributed by atoms with Crippen LogP contribution in [0.2, 0.25) is 0 Å². The second-order valence-corrected chi connectivity index (χ2v) is 9.95.